The van der Waals surface area contributed by atoms with Gasteiger partial charge in [-0.05, 0) is 70.3 Å². The monoisotopic (exact) mass is 340 g/mol. The molecule has 1 fully saturated rings. The molecule has 4 rings (SSSR count). The Hall–Kier alpha value is -1.80. The Morgan fingerprint density at radius 2 is 1.09 bits per heavy atom. The Balaban J connectivity index is 1.82. The summed E-state index contributed by atoms with van der Waals surface area (Å²) in [5.74, 6) is 0. The minimum absolute atomic E-state index is 0.216. The number of halogens is 2. The maximum Gasteiger partial charge on any atom is 0.106 e. The van der Waals surface area contributed by atoms with Gasteiger partial charge in [-0.1, -0.05) is 47.5 Å². The van der Waals surface area contributed by atoms with Crippen molar-refractivity contribution >= 4 is 23.2 Å². The van der Waals surface area contributed by atoms with Gasteiger partial charge in [-0.2, -0.15) is 0 Å². The molecule has 3 aromatic rings. The highest BCUT2D eigenvalue weighted by Crippen LogP contribution is 2.36. The molecule has 1 nitrogen and oxygen atoms in total. The molecular weight excluding hydrogens is 327 g/mol. The Bertz CT molecular complexity index is 771. The maximum atomic E-state index is 6.00. The molecule has 114 valence electrons. The van der Waals surface area contributed by atoms with Gasteiger partial charge in [0.05, 0.1) is 6.61 Å². The van der Waals surface area contributed by atoms with Crippen LogP contribution in [-0.4, -0.2) is 6.61 Å². The number of benzene rings is 3. The van der Waals surface area contributed by atoms with Crippen LogP contribution in [0.1, 0.15) is 11.7 Å². The van der Waals surface area contributed by atoms with Crippen molar-refractivity contribution in [2.45, 2.75) is 6.10 Å². The van der Waals surface area contributed by atoms with E-state index in [1.165, 1.54) is 16.7 Å². The summed E-state index contributed by atoms with van der Waals surface area (Å²) in [5.41, 5.74) is 5.83. The fourth-order valence-electron chi connectivity index (χ4n) is 2.70. The molecule has 0 saturated carbocycles. The standard InChI is InChI=1S/C20H14Cl2O/c21-18-5-1-13(2-6-18)15-9-16(11-17(10-15)20-12-23-20)14-3-7-19(22)8-4-14/h1-11,20H,12H2/t20-/m0/s1. The number of ether oxygens (including phenoxy) is 1. The van der Waals surface area contributed by atoms with Crippen LogP contribution in [0.15, 0.2) is 66.7 Å². The van der Waals surface area contributed by atoms with E-state index in [4.69, 9.17) is 27.9 Å². The molecule has 1 aliphatic rings. The van der Waals surface area contributed by atoms with Crippen molar-refractivity contribution in [1.82, 2.24) is 0 Å². The fourth-order valence-corrected chi connectivity index (χ4v) is 2.95. The summed E-state index contributed by atoms with van der Waals surface area (Å²) < 4.78 is 5.47. The average Bonchev–Trinajstić information content (AvgIpc) is 3.41. The highest BCUT2D eigenvalue weighted by atomic mass is 35.5. The second kappa shape index (κ2) is 6.01. The maximum absolute atomic E-state index is 6.00. The smallest absolute Gasteiger partial charge is 0.106 e. The van der Waals surface area contributed by atoms with Crippen LogP contribution in [0.4, 0.5) is 0 Å². The van der Waals surface area contributed by atoms with E-state index in [-0.39, 0.29) is 6.10 Å². The van der Waals surface area contributed by atoms with E-state index in [1.54, 1.807) is 0 Å². The molecule has 1 aliphatic heterocycles. The van der Waals surface area contributed by atoms with Gasteiger partial charge in [0.25, 0.3) is 0 Å². The molecule has 23 heavy (non-hydrogen) atoms. The lowest BCUT2D eigenvalue weighted by molar-refractivity contribution is 0.416. The fraction of sp³-hybridized carbons (Fsp3) is 0.100. The van der Waals surface area contributed by atoms with Gasteiger partial charge in [0.2, 0.25) is 0 Å². The van der Waals surface area contributed by atoms with Gasteiger partial charge >= 0.3 is 0 Å². The van der Waals surface area contributed by atoms with E-state index in [2.05, 4.69) is 18.2 Å². The van der Waals surface area contributed by atoms with E-state index in [9.17, 15) is 0 Å². The van der Waals surface area contributed by atoms with Crippen LogP contribution in [0.3, 0.4) is 0 Å². The first-order valence-electron chi connectivity index (χ1n) is 7.47. The summed E-state index contributed by atoms with van der Waals surface area (Å²) in [5, 5.41) is 1.49. The van der Waals surface area contributed by atoms with E-state index >= 15 is 0 Å². The molecule has 0 radical (unpaired) electrons. The van der Waals surface area contributed by atoms with E-state index < -0.39 is 0 Å². The zero-order valence-corrected chi connectivity index (χ0v) is 13.8. The molecule has 0 spiro atoms. The topological polar surface area (TPSA) is 12.5 Å². The predicted octanol–water partition coefficient (Wildman–Crippen LogP) is 6.40. The summed E-state index contributed by atoms with van der Waals surface area (Å²) >= 11 is 12.0. The summed E-state index contributed by atoms with van der Waals surface area (Å²) in [4.78, 5) is 0. The summed E-state index contributed by atoms with van der Waals surface area (Å²) in [6.07, 6.45) is 0.216. The largest absolute Gasteiger partial charge is 0.368 e. The number of rotatable bonds is 3. The van der Waals surface area contributed by atoms with Crippen LogP contribution in [0.25, 0.3) is 22.3 Å². The van der Waals surface area contributed by atoms with Crippen molar-refractivity contribution in [2.75, 3.05) is 6.61 Å². The Morgan fingerprint density at radius 1 is 0.652 bits per heavy atom. The zero-order valence-electron chi connectivity index (χ0n) is 12.3. The molecule has 1 saturated heterocycles. The van der Waals surface area contributed by atoms with Crippen molar-refractivity contribution in [1.29, 1.82) is 0 Å². The Labute approximate surface area is 145 Å². The van der Waals surface area contributed by atoms with Gasteiger partial charge in [-0.25, -0.2) is 0 Å². The molecule has 0 unspecified atom stereocenters. The van der Waals surface area contributed by atoms with Crippen LogP contribution < -0.4 is 0 Å². The molecule has 1 atom stereocenters. The molecular formula is C20H14Cl2O. The minimum atomic E-state index is 0.216. The third-order valence-electron chi connectivity index (χ3n) is 4.02. The summed E-state index contributed by atoms with van der Waals surface area (Å²) in [6, 6.07) is 22.4. The lowest BCUT2D eigenvalue weighted by Crippen LogP contribution is -1.88. The summed E-state index contributed by atoms with van der Waals surface area (Å²) in [6.45, 7) is 0.796. The first-order valence-corrected chi connectivity index (χ1v) is 8.23. The van der Waals surface area contributed by atoms with Crippen molar-refractivity contribution in [3.8, 4) is 22.3 Å². The first-order chi connectivity index (χ1) is 11.2. The van der Waals surface area contributed by atoms with Gasteiger partial charge in [-0.15, -0.1) is 0 Å². The van der Waals surface area contributed by atoms with E-state index in [1.807, 2.05) is 48.5 Å². The third-order valence-corrected chi connectivity index (χ3v) is 4.52. The lowest BCUT2D eigenvalue weighted by atomic mass is 9.95. The number of hydrogen-bond acceptors (Lipinski definition) is 1. The zero-order chi connectivity index (χ0) is 15.8. The van der Waals surface area contributed by atoms with Gasteiger partial charge in [-0.3, -0.25) is 0 Å². The average molecular weight is 341 g/mol. The van der Waals surface area contributed by atoms with Crippen LogP contribution in [0, 0.1) is 0 Å². The molecule has 0 N–H and O–H groups in total. The Kier molecular flexibility index (Phi) is 3.86. The Morgan fingerprint density at radius 3 is 1.48 bits per heavy atom. The molecule has 1 heterocycles. The van der Waals surface area contributed by atoms with Crippen LogP contribution in [0.2, 0.25) is 10.0 Å². The van der Waals surface area contributed by atoms with Gasteiger partial charge in [0.1, 0.15) is 6.10 Å². The van der Waals surface area contributed by atoms with Crippen molar-refractivity contribution in [2.24, 2.45) is 0 Å². The van der Waals surface area contributed by atoms with Crippen molar-refractivity contribution in [3.05, 3.63) is 82.3 Å². The normalized spacial score (nSPS) is 16.3. The molecule has 0 aromatic heterocycles. The molecule has 0 amide bonds. The molecule has 3 heteroatoms. The van der Waals surface area contributed by atoms with Crippen molar-refractivity contribution < 1.29 is 4.74 Å². The number of hydrogen-bond donors (Lipinski definition) is 0. The second-order valence-electron chi connectivity index (χ2n) is 5.68. The van der Waals surface area contributed by atoms with Crippen LogP contribution in [-0.2, 0) is 4.74 Å². The van der Waals surface area contributed by atoms with Crippen LogP contribution >= 0.6 is 23.2 Å². The van der Waals surface area contributed by atoms with Gasteiger partial charge in [0, 0.05) is 10.0 Å². The predicted molar refractivity (Wildman–Crippen MR) is 96.0 cm³/mol. The lowest BCUT2D eigenvalue weighted by Gasteiger charge is -2.10. The molecule has 0 aliphatic carbocycles. The van der Waals surface area contributed by atoms with E-state index in [0.717, 1.165) is 27.8 Å². The van der Waals surface area contributed by atoms with E-state index in [0.29, 0.717) is 0 Å². The highest BCUT2D eigenvalue weighted by Gasteiger charge is 2.25. The molecule has 3 aromatic carbocycles. The van der Waals surface area contributed by atoms with Gasteiger partial charge in [0.15, 0.2) is 0 Å². The minimum Gasteiger partial charge on any atom is -0.368 e. The van der Waals surface area contributed by atoms with Crippen LogP contribution in [0.5, 0.6) is 0 Å². The summed E-state index contributed by atoms with van der Waals surface area (Å²) in [7, 11) is 0. The third kappa shape index (κ3) is 3.28. The quantitative estimate of drug-likeness (QED) is 0.502. The highest BCUT2D eigenvalue weighted by molar-refractivity contribution is 6.30. The second-order valence-corrected chi connectivity index (χ2v) is 6.55. The first kappa shape index (κ1) is 14.8. The molecule has 0 bridgehead atoms. The SMILES string of the molecule is Clc1ccc(-c2cc(-c3ccc(Cl)cc3)cc([C@@H]3CO3)c2)cc1. The van der Waals surface area contributed by atoms with Gasteiger partial charge < -0.3 is 4.74 Å². The van der Waals surface area contributed by atoms with Crippen molar-refractivity contribution in [3.63, 3.8) is 0 Å². The number of epoxide rings is 1.